The summed E-state index contributed by atoms with van der Waals surface area (Å²) in [5, 5.41) is 2.82. The second-order valence-corrected chi connectivity index (χ2v) is 6.41. The lowest BCUT2D eigenvalue weighted by molar-refractivity contribution is -0.121. The molecule has 0 bridgehead atoms. The van der Waals surface area contributed by atoms with Crippen LogP contribution in [0.5, 0.6) is 0 Å². The van der Waals surface area contributed by atoms with Gasteiger partial charge in [0.25, 0.3) is 0 Å². The second kappa shape index (κ2) is 6.69. The van der Waals surface area contributed by atoms with Crippen LogP contribution < -0.4 is 5.32 Å². The minimum Gasteiger partial charge on any atom is -0.356 e. The Labute approximate surface area is 113 Å². The molecule has 18 heavy (non-hydrogen) atoms. The largest absolute Gasteiger partial charge is 0.356 e. The molecule has 100 valence electrons. The van der Waals surface area contributed by atoms with E-state index in [1.165, 1.54) is 0 Å². The molecule has 0 radical (unpaired) electrons. The van der Waals surface area contributed by atoms with E-state index in [9.17, 15) is 9.59 Å². The first kappa shape index (κ1) is 14.9. The zero-order valence-electron chi connectivity index (χ0n) is 11.5. The van der Waals surface area contributed by atoms with E-state index < -0.39 is 0 Å². The first-order chi connectivity index (χ1) is 8.40. The monoisotopic (exact) mass is 267 g/mol. The predicted octanol–water partition coefficient (Wildman–Crippen LogP) is 3.10. The highest BCUT2D eigenvalue weighted by Gasteiger charge is 2.13. The molecule has 0 fully saturated rings. The van der Waals surface area contributed by atoms with Gasteiger partial charge in [-0.3, -0.25) is 9.59 Å². The van der Waals surface area contributed by atoms with Gasteiger partial charge in [-0.2, -0.15) is 0 Å². The molecule has 1 aromatic heterocycles. The number of nitrogens with one attached hydrogen (secondary N) is 1. The van der Waals surface area contributed by atoms with E-state index in [-0.39, 0.29) is 18.1 Å². The van der Waals surface area contributed by atoms with Gasteiger partial charge >= 0.3 is 0 Å². The number of ketones is 1. The molecule has 1 heterocycles. The molecule has 0 atom stereocenters. The fourth-order valence-corrected chi connectivity index (χ4v) is 2.62. The Morgan fingerprint density at radius 3 is 2.44 bits per heavy atom. The molecule has 3 nitrogen and oxygen atoms in total. The Kier molecular flexibility index (Phi) is 5.54. The highest BCUT2D eigenvalue weighted by atomic mass is 32.1. The standard InChI is InChI=1S/C14H21NO2S/c1-9(2)8-15-14(17)6-5-13(16)12-7-10(3)18-11(12)4/h7,9H,5-6,8H2,1-4H3,(H,15,17). The second-order valence-electron chi connectivity index (χ2n) is 4.95. The molecule has 1 rings (SSSR count). The van der Waals surface area contributed by atoms with Crippen molar-refractivity contribution in [3.63, 3.8) is 0 Å². The predicted molar refractivity (Wildman–Crippen MR) is 75.2 cm³/mol. The van der Waals surface area contributed by atoms with Crippen LogP contribution >= 0.6 is 11.3 Å². The molecule has 1 amide bonds. The molecule has 0 saturated carbocycles. The molecule has 0 unspecified atom stereocenters. The molecule has 0 aliphatic heterocycles. The Hall–Kier alpha value is -1.16. The third-order valence-corrected chi connectivity index (χ3v) is 3.59. The molecular weight excluding hydrogens is 246 g/mol. The quantitative estimate of drug-likeness (QED) is 0.805. The van der Waals surface area contributed by atoms with E-state index in [1.54, 1.807) is 11.3 Å². The van der Waals surface area contributed by atoms with Gasteiger partial charge in [-0.05, 0) is 25.8 Å². The van der Waals surface area contributed by atoms with Gasteiger partial charge in [-0.1, -0.05) is 13.8 Å². The number of aryl methyl sites for hydroxylation is 2. The van der Waals surface area contributed by atoms with Crippen molar-refractivity contribution in [2.45, 2.75) is 40.5 Å². The van der Waals surface area contributed by atoms with Crippen LogP contribution in [0, 0.1) is 19.8 Å². The number of hydrogen-bond acceptors (Lipinski definition) is 3. The van der Waals surface area contributed by atoms with E-state index >= 15 is 0 Å². The highest BCUT2D eigenvalue weighted by molar-refractivity contribution is 7.12. The van der Waals surface area contributed by atoms with Crippen LogP contribution in [-0.2, 0) is 4.79 Å². The van der Waals surface area contributed by atoms with Crippen LogP contribution in [0.1, 0.15) is 46.8 Å². The molecule has 0 aromatic carbocycles. The van der Waals surface area contributed by atoms with Crippen molar-refractivity contribution in [2.24, 2.45) is 5.92 Å². The van der Waals surface area contributed by atoms with Gasteiger partial charge in [-0.25, -0.2) is 0 Å². The summed E-state index contributed by atoms with van der Waals surface area (Å²) in [7, 11) is 0. The Balaban J connectivity index is 2.42. The molecular formula is C14H21NO2S. The van der Waals surface area contributed by atoms with Crippen LogP contribution in [0.25, 0.3) is 0 Å². The van der Waals surface area contributed by atoms with Crippen LogP contribution in [0.4, 0.5) is 0 Å². The Morgan fingerprint density at radius 1 is 1.28 bits per heavy atom. The lowest BCUT2D eigenvalue weighted by Crippen LogP contribution is -2.27. The van der Waals surface area contributed by atoms with Gasteiger partial charge in [0.15, 0.2) is 5.78 Å². The van der Waals surface area contributed by atoms with Gasteiger partial charge in [0, 0.05) is 34.7 Å². The summed E-state index contributed by atoms with van der Waals surface area (Å²) in [5.41, 5.74) is 0.772. The summed E-state index contributed by atoms with van der Waals surface area (Å²) in [6.45, 7) is 8.70. The number of Topliss-reactive ketones (excluding diaryl/α,β-unsaturated/α-hetero) is 1. The fourth-order valence-electron chi connectivity index (χ4n) is 1.68. The average Bonchev–Trinajstić information content (AvgIpc) is 2.62. The van der Waals surface area contributed by atoms with Gasteiger partial charge in [0.1, 0.15) is 0 Å². The molecule has 4 heteroatoms. The summed E-state index contributed by atoms with van der Waals surface area (Å²) in [6, 6.07) is 1.91. The number of rotatable bonds is 6. The zero-order valence-corrected chi connectivity index (χ0v) is 12.3. The first-order valence-electron chi connectivity index (χ1n) is 6.27. The van der Waals surface area contributed by atoms with E-state index in [2.05, 4.69) is 5.32 Å². The van der Waals surface area contributed by atoms with Gasteiger partial charge in [0.05, 0.1) is 0 Å². The van der Waals surface area contributed by atoms with Crippen molar-refractivity contribution >= 4 is 23.0 Å². The van der Waals surface area contributed by atoms with E-state index in [4.69, 9.17) is 0 Å². The molecule has 0 saturated heterocycles. The minimum atomic E-state index is -0.0401. The van der Waals surface area contributed by atoms with E-state index in [0.29, 0.717) is 18.9 Å². The number of hydrogen-bond donors (Lipinski definition) is 1. The maximum Gasteiger partial charge on any atom is 0.220 e. The third kappa shape index (κ3) is 4.61. The topological polar surface area (TPSA) is 46.2 Å². The van der Waals surface area contributed by atoms with Crippen LogP contribution in [0.15, 0.2) is 6.07 Å². The van der Waals surface area contributed by atoms with Crippen LogP contribution in [-0.4, -0.2) is 18.2 Å². The average molecular weight is 267 g/mol. The molecule has 0 spiro atoms. The normalized spacial score (nSPS) is 10.7. The first-order valence-corrected chi connectivity index (χ1v) is 7.08. The lowest BCUT2D eigenvalue weighted by atomic mass is 10.1. The smallest absolute Gasteiger partial charge is 0.220 e. The van der Waals surface area contributed by atoms with E-state index in [0.717, 1.165) is 15.3 Å². The SMILES string of the molecule is Cc1cc(C(=O)CCC(=O)NCC(C)C)c(C)s1. The molecule has 1 N–H and O–H groups in total. The van der Waals surface area contributed by atoms with Crippen molar-refractivity contribution in [1.82, 2.24) is 5.32 Å². The summed E-state index contributed by atoms with van der Waals surface area (Å²) >= 11 is 1.62. The molecule has 1 aromatic rings. The highest BCUT2D eigenvalue weighted by Crippen LogP contribution is 2.22. The molecule has 0 aliphatic carbocycles. The van der Waals surface area contributed by atoms with Crippen molar-refractivity contribution < 1.29 is 9.59 Å². The van der Waals surface area contributed by atoms with Crippen molar-refractivity contribution in [3.8, 4) is 0 Å². The van der Waals surface area contributed by atoms with Crippen LogP contribution in [0.3, 0.4) is 0 Å². The van der Waals surface area contributed by atoms with E-state index in [1.807, 2.05) is 33.8 Å². The number of amides is 1. The Morgan fingerprint density at radius 2 is 1.94 bits per heavy atom. The van der Waals surface area contributed by atoms with Gasteiger partial charge in [0.2, 0.25) is 5.91 Å². The maximum absolute atomic E-state index is 11.9. The van der Waals surface area contributed by atoms with Gasteiger partial charge < -0.3 is 5.32 Å². The Bertz CT molecular complexity index is 435. The lowest BCUT2D eigenvalue weighted by Gasteiger charge is -2.07. The van der Waals surface area contributed by atoms with Crippen LogP contribution in [0.2, 0.25) is 0 Å². The zero-order chi connectivity index (χ0) is 13.7. The maximum atomic E-state index is 11.9. The minimum absolute atomic E-state index is 0.0401. The van der Waals surface area contributed by atoms with Gasteiger partial charge in [-0.15, -0.1) is 11.3 Å². The summed E-state index contributed by atoms with van der Waals surface area (Å²) in [4.78, 5) is 25.6. The van der Waals surface area contributed by atoms with Crippen molar-refractivity contribution in [1.29, 1.82) is 0 Å². The number of carbonyl (C=O) groups is 2. The van der Waals surface area contributed by atoms with Crippen molar-refractivity contribution in [3.05, 3.63) is 21.4 Å². The van der Waals surface area contributed by atoms with Crippen molar-refractivity contribution in [2.75, 3.05) is 6.54 Å². The summed E-state index contributed by atoms with van der Waals surface area (Å²) in [5.74, 6) is 0.463. The summed E-state index contributed by atoms with van der Waals surface area (Å²) < 4.78 is 0. The number of thiophene rings is 1. The third-order valence-electron chi connectivity index (χ3n) is 2.63. The molecule has 0 aliphatic rings. The number of carbonyl (C=O) groups excluding carboxylic acids is 2. The summed E-state index contributed by atoms with van der Waals surface area (Å²) in [6.07, 6.45) is 0.570. The fraction of sp³-hybridized carbons (Fsp3) is 0.571.